The predicted molar refractivity (Wildman–Crippen MR) is 138 cm³/mol. The second kappa shape index (κ2) is 13.3. The van der Waals surface area contributed by atoms with E-state index in [2.05, 4.69) is 69.7 Å². The second-order valence-corrected chi connectivity index (χ2v) is 8.84. The zero-order chi connectivity index (χ0) is 20.5. The highest BCUT2D eigenvalue weighted by Crippen LogP contribution is 2.37. The summed E-state index contributed by atoms with van der Waals surface area (Å²) in [7, 11) is 2.26. The Balaban J connectivity index is 0.00000320. The van der Waals surface area contributed by atoms with Crippen LogP contribution in [0.4, 0.5) is 0 Å². The molecule has 3 heterocycles. The Kier molecular flexibility index (Phi) is 11.2. The van der Waals surface area contributed by atoms with E-state index < -0.39 is 0 Å². The van der Waals surface area contributed by atoms with Crippen LogP contribution in [-0.2, 0) is 6.54 Å². The van der Waals surface area contributed by atoms with Gasteiger partial charge in [0.05, 0.1) is 0 Å². The van der Waals surface area contributed by atoms with Crippen LogP contribution in [0.3, 0.4) is 0 Å². The summed E-state index contributed by atoms with van der Waals surface area (Å²) in [6.07, 6.45) is 8.69. The highest BCUT2D eigenvalue weighted by atomic mass is 127. The summed E-state index contributed by atoms with van der Waals surface area (Å²) in [6.45, 7) is 9.09. The number of nitrogens with zero attached hydrogens (tertiary/aromatic N) is 4. The minimum Gasteiger partial charge on any atom is -0.357 e. The minimum absolute atomic E-state index is 0. The third-order valence-electron chi connectivity index (χ3n) is 5.71. The molecule has 0 saturated carbocycles. The first-order valence-electron chi connectivity index (χ1n) is 10.9. The Labute approximate surface area is 202 Å². The molecule has 1 aliphatic rings. The summed E-state index contributed by atoms with van der Waals surface area (Å²) in [5.41, 5.74) is 0. The molecular formula is C22H37IN6S. The Morgan fingerprint density at radius 1 is 1.33 bits per heavy atom. The van der Waals surface area contributed by atoms with Crippen LogP contribution < -0.4 is 10.6 Å². The summed E-state index contributed by atoms with van der Waals surface area (Å²) in [5, 5.41) is 9.12. The zero-order valence-electron chi connectivity index (χ0n) is 18.5. The molecule has 3 rings (SSSR count). The monoisotopic (exact) mass is 544 g/mol. The number of aryl methyl sites for hydroxylation is 2. The molecule has 2 aromatic rings. The smallest absolute Gasteiger partial charge is 0.191 e. The van der Waals surface area contributed by atoms with Crippen molar-refractivity contribution >= 4 is 41.3 Å². The molecule has 1 aliphatic heterocycles. The second-order valence-electron chi connectivity index (χ2n) is 7.86. The van der Waals surface area contributed by atoms with Crippen LogP contribution in [0.1, 0.15) is 49.4 Å². The Hall–Kier alpha value is -1.13. The van der Waals surface area contributed by atoms with Crippen molar-refractivity contribution in [2.45, 2.75) is 52.1 Å². The van der Waals surface area contributed by atoms with E-state index in [0.29, 0.717) is 12.0 Å². The van der Waals surface area contributed by atoms with Crippen molar-refractivity contribution in [1.29, 1.82) is 0 Å². The molecule has 6 nitrogen and oxygen atoms in total. The molecule has 0 radical (unpaired) electrons. The lowest BCUT2D eigenvalue weighted by Crippen LogP contribution is -2.40. The van der Waals surface area contributed by atoms with Gasteiger partial charge in [0.25, 0.3) is 0 Å². The quantitative estimate of drug-likeness (QED) is 0.214. The molecule has 1 fully saturated rings. The Morgan fingerprint density at radius 2 is 2.20 bits per heavy atom. The van der Waals surface area contributed by atoms with Gasteiger partial charge in [-0.15, -0.1) is 35.3 Å². The van der Waals surface area contributed by atoms with E-state index in [1.54, 1.807) is 0 Å². The minimum atomic E-state index is 0. The number of guanidine groups is 1. The maximum Gasteiger partial charge on any atom is 0.191 e. The number of nitrogens with one attached hydrogen (secondary N) is 2. The zero-order valence-corrected chi connectivity index (χ0v) is 21.7. The number of aromatic nitrogens is 2. The van der Waals surface area contributed by atoms with Crippen LogP contribution in [0.5, 0.6) is 0 Å². The Morgan fingerprint density at radius 3 is 2.90 bits per heavy atom. The van der Waals surface area contributed by atoms with Crippen molar-refractivity contribution < 1.29 is 0 Å². The molecular weight excluding hydrogens is 507 g/mol. The highest BCUT2D eigenvalue weighted by molar-refractivity contribution is 14.0. The number of thiophene rings is 1. The van der Waals surface area contributed by atoms with Crippen LogP contribution in [0, 0.1) is 12.8 Å². The standard InChI is InChI=1S/C22H36N6S.HI/c1-4-23-22(25-11-5-6-14-28-15-12-24-18(28)2)26-17-19-9-7-13-27(3)21(19)20-10-8-16-29-20;/h8,10,12,15-16,19,21H,4-7,9,11,13-14,17H2,1-3H3,(H2,23,25,26);1H. The number of imidazole rings is 1. The summed E-state index contributed by atoms with van der Waals surface area (Å²) in [5.74, 6) is 2.61. The van der Waals surface area contributed by atoms with Gasteiger partial charge in [-0.05, 0) is 70.5 Å². The highest BCUT2D eigenvalue weighted by Gasteiger charge is 2.31. The third-order valence-corrected chi connectivity index (χ3v) is 6.65. The lowest BCUT2D eigenvalue weighted by molar-refractivity contribution is 0.128. The molecule has 0 spiro atoms. The normalized spacial score (nSPS) is 20.0. The van der Waals surface area contributed by atoms with Crippen LogP contribution in [0.2, 0.25) is 0 Å². The van der Waals surface area contributed by atoms with Gasteiger partial charge in [-0.25, -0.2) is 4.98 Å². The number of rotatable bonds is 9. The van der Waals surface area contributed by atoms with Crippen molar-refractivity contribution in [2.75, 3.05) is 33.2 Å². The van der Waals surface area contributed by atoms with E-state index in [1.165, 1.54) is 24.3 Å². The van der Waals surface area contributed by atoms with Gasteiger partial charge < -0.3 is 15.2 Å². The molecule has 2 atom stereocenters. The van der Waals surface area contributed by atoms with Gasteiger partial charge in [0.1, 0.15) is 5.82 Å². The fourth-order valence-corrected chi connectivity index (χ4v) is 5.15. The molecule has 168 valence electrons. The van der Waals surface area contributed by atoms with Crippen molar-refractivity contribution in [1.82, 2.24) is 25.1 Å². The average Bonchev–Trinajstić information content (AvgIpc) is 3.38. The molecule has 0 aliphatic carbocycles. The van der Waals surface area contributed by atoms with Gasteiger partial charge in [0.2, 0.25) is 0 Å². The van der Waals surface area contributed by atoms with Crippen LogP contribution in [0.25, 0.3) is 0 Å². The molecule has 8 heteroatoms. The summed E-state index contributed by atoms with van der Waals surface area (Å²) >= 11 is 1.87. The maximum absolute atomic E-state index is 4.95. The van der Waals surface area contributed by atoms with Crippen LogP contribution >= 0.6 is 35.3 Å². The number of piperidine rings is 1. The third kappa shape index (κ3) is 7.23. The van der Waals surface area contributed by atoms with Crippen molar-refractivity contribution in [2.24, 2.45) is 10.9 Å². The molecule has 2 N–H and O–H groups in total. The SMILES string of the molecule is CCNC(=NCC1CCCN(C)C1c1cccs1)NCCCCn1ccnc1C.I. The number of unbranched alkanes of at least 4 members (excludes halogenated alkanes) is 1. The Bertz CT molecular complexity index is 745. The lowest BCUT2D eigenvalue weighted by Gasteiger charge is -2.38. The van der Waals surface area contributed by atoms with E-state index in [-0.39, 0.29) is 24.0 Å². The van der Waals surface area contributed by atoms with Gasteiger partial charge >= 0.3 is 0 Å². The van der Waals surface area contributed by atoms with Crippen molar-refractivity contribution in [3.8, 4) is 0 Å². The van der Waals surface area contributed by atoms with E-state index in [9.17, 15) is 0 Å². The maximum atomic E-state index is 4.95. The number of hydrogen-bond acceptors (Lipinski definition) is 4. The molecule has 0 bridgehead atoms. The van der Waals surface area contributed by atoms with Crippen LogP contribution in [-0.4, -0.2) is 53.6 Å². The number of likely N-dealkylation sites (tertiary alicyclic amines) is 1. The topological polar surface area (TPSA) is 57.5 Å². The summed E-state index contributed by atoms with van der Waals surface area (Å²) in [4.78, 5) is 13.2. The molecule has 2 unspecified atom stereocenters. The first kappa shape index (κ1) is 25.1. The van der Waals surface area contributed by atoms with Crippen LogP contribution in [0.15, 0.2) is 34.9 Å². The number of halogens is 1. The van der Waals surface area contributed by atoms with E-state index >= 15 is 0 Å². The largest absolute Gasteiger partial charge is 0.357 e. The molecule has 2 aromatic heterocycles. The van der Waals surface area contributed by atoms with E-state index in [4.69, 9.17) is 4.99 Å². The van der Waals surface area contributed by atoms with Gasteiger partial charge in [-0.3, -0.25) is 9.89 Å². The van der Waals surface area contributed by atoms with Crippen molar-refractivity contribution in [3.05, 3.63) is 40.6 Å². The van der Waals surface area contributed by atoms with E-state index in [1.807, 2.05) is 17.5 Å². The fourth-order valence-electron chi connectivity index (χ4n) is 4.16. The number of aliphatic imine (C=N–C) groups is 1. The molecule has 0 amide bonds. The molecule has 0 aromatic carbocycles. The molecule has 1 saturated heterocycles. The van der Waals surface area contributed by atoms with E-state index in [0.717, 1.165) is 50.8 Å². The predicted octanol–water partition coefficient (Wildman–Crippen LogP) is 4.29. The molecule has 30 heavy (non-hydrogen) atoms. The first-order valence-corrected chi connectivity index (χ1v) is 11.8. The van der Waals surface area contributed by atoms with Gasteiger partial charge in [-0.2, -0.15) is 0 Å². The lowest BCUT2D eigenvalue weighted by atomic mass is 9.88. The summed E-state index contributed by atoms with van der Waals surface area (Å²) in [6, 6.07) is 4.94. The summed E-state index contributed by atoms with van der Waals surface area (Å²) < 4.78 is 2.21. The van der Waals surface area contributed by atoms with Gasteiger partial charge in [0, 0.05) is 49.5 Å². The van der Waals surface area contributed by atoms with Gasteiger partial charge in [0.15, 0.2) is 5.96 Å². The average molecular weight is 545 g/mol. The fraction of sp³-hybridized carbons (Fsp3) is 0.636. The van der Waals surface area contributed by atoms with Gasteiger partial charge in [-0.1, -0.05) is 6.07 Å². The first-order chi connectivity index (χ1) is 14.2. The number of hydrogen-bond donors (Lipinski definition) is 2. The van der Waals surface area contributed by atoms with Crippen molar-refractivity contribution in [3.63, 3.8) is 0 Å².